The largest absolute Gasteiger partial charge is 0.495 e. The highest BCUT2D eigenvalue weighted by Crippen LogP contribution is 2.36. The SMILES string of the molecule is COc1c(C(=O)NCCCCN2CCN(c3cccc(Cl)c3Cl)CC2)cc(Br)c2c1C=CCC=C2. The molecule has 0 saturated carbocycles. The number of rotatable bonds is 8. The molecule has 0 radical (unpaired) electrons. The Bertz CT molecular complexity index is 1130. The molecule has 4 rings (SSSR count). The molecule has 0 spiro atoms. The van der Waals surface area contributed by atoms with Crippen LogP contribution in [-0.2, 0) is 0 Å². The number of amides is 1. The molecule has 2 aliphatic rings. The highest BCUT2D eigenvalue weighted by molar-refractivity contribution is 9.10. The maximum atomic E-state index is 12.9. The third kappa shape index (κ3) is 6.23. The lowest BCUT2D eigenvalue weighted by molar-refractivity contribution is 0.0949. The fourth-order valence-electron chi connectivity index (χ4n) is 4.55. The van der Waals surface area contributed by atoms with Gasteiger partial charge >= 0.3 is 0 Å². The van der Waals surface area contributed by atoms with Gasteiger partial charge in [-0.05, 0) is 49.6 Å². The van der Waals surface area contributed by atoms with Crippen LogP contribution in [0, 0.1) is 0 Å². The Kier molecular flexibility index (Phi) is 9.17. The van der Waals surface area contributed by atoms with Crippen LogP contribution in [-0.4, -0.2) is 57.2 Å². The first kappa shape index (κ1) is 26.1. The van der Waals surface area contributed by atoms with Crippen LogP contribution >= 0.6 is 39.1 Å². The molecule has 0 bridgehead atoms. The van der Waals surface area contributed by atoms with Crippen molar-refractivity contribution in [2.24, 2.45) is 0 Å². The van der Waals surface area contributed by atoms with Gasteiger partial charge in [-0.1, -0.05) is 69.5 Å². The zero-order valence-electron chi connectivity index (χ0n) is 19.8. The van der Waals surface area contributed by atoms with Gasteiger partial charge in [0.15, 0.2) is 0 Å². The van der Waals surface area contributed by atoms with Crippen LogP contribution in [0.15, 0.2) is 40.9 Å². The second-order valence-electron chi connectivity index (χ2n) is 8.67. The molecule has 0 unspecified atom stereocenters. The fourth-order valence-corrected chi connectivity index (χ4v) is 5.54. The van der Waals surface area contributed by atoms with E-state index in [1.807, 2.05) is 30.3 Å². The molecule has 1 heterocycles. The molecule has 186 valence electrons. The van der Waals surface area contributed by atoms with Crippen molar-refractivity contribution >= 4 is 62.9 Å². The van der Waals surface area contributed by atoms with Gasteiger partial charge in [-0.3, -0.25) is 9.69 Å². The van der Waals surface area contributed by atoms with Crippen molar-refractivity contribution in [3.63, 3.8) is 0 Å². The molecule has 8 heteroatoms. The second-order valence-corrected chi connectivity index (χ2v) is 10.3. The van der Waals surface area contributed by atoms with Gasteiger partial charge in [0.25, 0.3) is 5.91 Å². The number of methoxy groups -OCH3 is 1. The van der Waals surface area contributed by atoms with E-state index in [9.17, 15) is 4.79 Å². The zero-order valence-corrected chi connectivity index (χ0v) is 22.9. The van der Waals surface area contributed by atoms with Crippen molar-refractivity contribution < 1.29 is 9.53 Å². The number of allylic oxidation sites excluding steroid dienone is 2. The summed E-state index contributed by atoms with van der Waals surface area (Å²) in [6.07, 6.45) is 11.1. The predicted molar refractivity (Wildman–Crippen MR) is 150 cm³/mol. The number of benzene rings is 2. The van der Waals surface area contributed by atoms with Crippen molar-refractivity contribution in [1.82, 2.24) is 10.2 Å². The summed E-state index contributed by atoms with van der Waals surface area (Å²) in [7, 11) is 1.61. The molecule has 1 N–H and O–H groups in total. The number of unbranched alkanes of at least 4 members (excludes halogenated alkanes) is 1. The minimum atomic E-state index is -0.112. The molecular formula is C27H30BrCl2N3O2. The Balaban J connectivity index is 1.23. The van der Waals surface area contributed by atoms with Crippen LogP contribution in [0.25, 0.3) is 12.2 Å². The lowest BCUT2D eigenvalue weighted by Gasteiger charge is -2.36. The fraction of sp³-hybridized carbons (Fsp3) is 0.370. The van der Waals surface area contributed by atoms with Crippen molar-refractivity contribution in [3.05, 3.63) is 67.6 Å². The summed E-state index contributed by atoms with van der Waals surface area (Å²) in [6, 6.07) is 7.63. The van der Waals surface area contributed by atoms with Crippen molar-refractivity contribution in [1.29, 1.82) is 0 Å². The topological polar surface area (TPSA) is 44.8 Å². The molecule has 1 saturated heterocycles. The number of carbonyl (C=O) groups is 1. The van der Waals surface area contributed by atoms with Crippen LogP contribution < -0.4 is 15.0 Å². The molecule has 35 heavy (non-hydrogen) atoms. The highest BCUT2D eigenvalue weighted by Gasteiger charge is 2.21. The molecule has 1 fully saturated rings. The summed E-state index contributed by atoms with van der Waals surface area (Å²) >= 11 is 16.2. The number of anilines is 1. The van der Waals surface area contributed by atoms with Crippen LogP contribution in [0.2, 0.25) is 10.0 Å². The number of nitrogens with one attached hydrogen (secondary N) is 1. The third-order valence-electron chi connectivity index (χ3n) is 6.43. The predicted octanol–water partition coefficient (Wildman–Crippen LogP) is 6.53. The maximum Gasteiger partial charge on any atom is 0.255 e. The summed E-state index contributed by atoms with van der Waals surface area (Å²) in [5.74, 6) is 0.500. The summed E-state index contributed by atoms with van der Waals surface area (Å²) < 4.78 is 6.53. The maximum absolute atomic E-state index is 12.9. The average Bonchev–Trinajstić information content (AvgIpc) is 3.12. The van der Waals surface area contributed by atoms with E-state index in [0.29, 0.717) is 27.9 Å². The van der Waals surface area contributed by atoms with Gasteiger partial charge in [0.1, 0.15) is 5.75 Å². The van der Waals surface area contributed by atoms with Crippen LogP contribution in [0.3, 0.4) is 0 Å². The molecule has 0 aromatic heterocycles. The summed E-state index contributed by atoms with van der Waals surface area (Å²) in [5.41, 5.74) is 3.52. The van der Waals surface area contributed by atoms with E-state index in [4.69, 9.17) is 27.9 Å². The average molecular weight is 579 g/mol. The van der Waals surface area contributed by atoms with Crippen LogP contribution in [0.4, 0.5) is 5.69 Å². The van der Waals surface area contributed by atoms with Gasteiger partial charge in [0, 0.05) is 42.8 Å². The van der Waals surface area contributed by atoms with Crippen molar-refractivity contribution in [2.45, 2.75) is 19.3 Å². The lowest BCUT2D eigenvalue weighted by atomic mass is 10.0. The monoisotopic (exact) mass is 577 g/mol. The standard InChI is InChI=1S/C27H30BrCl2N3O2/c1-35-26-20-9-4-2-3-8-19(20)22(28)18-21(26)27(34)31-12-5-6-13-32-14-16-33(17-15-32)24-11-7-10-23(29)25(24)30/h3-4,7-11,18H,2,5-6,12-17H2,1H3,(H,31,34). The smallest absolute Gasteiger partial charge is 0.255 e. The van der Waals surface area contributed by atoms with Gasteiger partial charge in [-0.2, -0.15) is 0 Å². The van der Waals surface area contributed by atoms with E-state index in [-0.39, 0.29) is 5.91 Å². The second kappa shape index (κ2) is 12.3. The van der Waals surface area contributed by atoms with E-state index < -0.39 is 0 Å². The quantitative estimate of drug-likeness (QED) is 0.362. The molecule has 0 atom stereocenters. The first-order valence-electron chi connectivity index (χ1n) is 11.9. The number of fused-ring (bicyclic) bond motifs is 1. The molecule has 2 aromatic rings. The number of hydrogen-bond acceptors (Lipinski definition) is 4. The van der Waals surface area contributed by atoms with Crippen molar-refractivity contribution in [2.75, 3.05) is 51.3 Å². The van der Waals surface area contributed by atoms with Gasteiger partial charge in [0.2, 0.25) is 0 Å². The van der Waals surface area contributed by atoms with E-state index in [1.165, 1.54) is 0 Å². The third-order valence-corrected chi connectivity index (χ3v) is 7.89. The lowest BCUT2D eigenvalue weighted by Crippen LogP contribution is -2.46. The summed E-state index contributed by atoms with van der Waals surface area (Å²) in [6.45, 7) is 5.46. The molecule has 1 aliphatic heterocycles. The van der Waals surface area contributed by atoms with Crippen molar-refractivity contribution in [3.8, 4) is 5.75 Å². The first-order valence-corrected chi connectivity index (χ1v) is 13.5. The van der Waals surface area contributed by atoms with Gasteiger partial charge in [-0.25, -0.2) is 0 Å². The Labute approximate surface area is 225 Å². The van der Waals surface area contributed by atoms with Gasteiger partial charge in [0.05, 0.1) is 28.4 Å². The van der Waals surface area contributed by atoms with Crippen LogP contribution in [0.1, 0.15) is 40.7 Å². The number of nitrogens with zero attached hydrogens (tertiary/aromatic N) is 2. The molecule has 1 aliphatic carbocycles. The Hall–Kier alpha value is -1.99. The van der Waals surface area contributed by atoms with E-state index in [0.717, 1.165) is 73.3 Å². The molecule has 2 aromatic carbocycles. The van der Waals surface area contributed by atoms with Gasteiger partial charge in [-0.15, -0.1) is 0 Å². The van der Waals surface area contributed by atoms with Gasteiger partial charge < -0.3 is 15.0 Å². The number of hydrogen-bond donors (Lipinski definition) is 1. The first-order chi connectivity index (χ1) is 17.0. The zero-order chi connectivity index (χ0) is 24.8. The van der Waals surface area contributed by atoms with E-state index >= 15 is 0 Å². The number of ether oxygens (including phenoxy) is 1. The number of carbonyl (C=O) groups excluding carboxylic acids is 1. The van der Waals surface area contributed by atoms with E-state index in [1.54, 1.807) is 7.11 Å². The minimum Gasteiger partial charge on any atom is -0.495 e. The molecule has 5 nitrogen and oxygen atoms in total. The van der Waals surface area contributed by atoms with Crippen LogP contribution in [0.5, 0.6) is 5.75 Å². The normalized spacial score (nSPS) is 15.6. The number of halogens is 3. The molecule has 1 amide bonds. The minimum absolute atomic E-state index is 0.112. The Morgan fingerprint density at radius 3 is 2.57 bits per heavy atom. The highest BCUT2D eigenvalue weighted by atomic mass is 79.9. The Morgan fingerprint density at radius 2 is 1.83 bits per heavy atom. The van der Waals surface area contributed by atoms with E-state index in [2.05, 4.69) is 49.3 Å². The Morgan fingerprint density at radius 1 is 1.09 bits per heavy atom. The number of piperazine rings is 1. The molecular weight excluding hydrogens is 549 g/mol. The summed E-state index contributed by atoms with van der Waals surface area (Å²) in [5, 5.41) is 4.29. The summed E-state index contributed by atoms with van der Waals surface area (Å²) in [4.78, 5) is 17.7.